The van der Waals surface area contributed by atoms with Gasteiger partial charge in [0.1, 0.15) is 5.75 Å². The molecule has 5 rings (SSSR count). The molecule has 1 unspecified atom stereocenters. The van der Waals surface area contributed by atoms with Crippen LogP contribution in [-0.4, -0.2) is 18.8 Å². The van der Waals surface area contributed by atoms with E-state index in [2.05, 4.69) is 0 Å². The Morgan fingerprint density at radius 3 is 2.60 bits per heavy atom. The Morgan fingerprint density at radius 2 is 1.73 bits per heavy atom. The summed E-state index contributed by atoms with van der Waals surface area (Å²) in [7, 11) is 1.63. The highest BCUT2D eigenvalue weighted by atomic mass is 16.5. The first-order valence-corrected chi connectivity index (χ1v) is 10.4. The minimum absolute atomic E-state index is 0.0348. The van der Waals surface area contributed by atoms with Crippen molar-refractivity contribution >= 4 is 28.2 Å². The van der Waals surface area contributed by atoms with E-state index < -0.39 is 0 Å². The van der Waals surface area contributed by atoms with E-state index in [0.717, 1.165) is 51.9 Å². The number of anilines is 1. The predicted molar refractivity (Wildman–Crippen MR) is 118 cm³/mol. The number of hydrogen-bond acceptors (Lipinski definition) is 3. The van der Waals surface area contributed by atoms with Crippen molar-refractivity contribution in [3.8, 4) is 5.75 Å². The van der Waals surface area contributed by atoms with Crippen LogP contribution in [0.1, 0.15) is 37.2 Å². The summed E-state index contributed by atoms with van der Waals surface area (Å²) >= 11 is 0. The third-order valence-corrected chi connectivity index (χ3v) is 6.18. The van der Waals surface area contributed by atoms with Crippen molar-refractivity contribution in [2.24, 2.45) is 0 Å². The van der Waals surface area contributed by atoms with Crippen LogP contribution in [0.15, 0.2) is 78.0 Å². The first kappa shape index (κ1) is 18.6. The Kier molecular flexibility index (Phi) is 4.62. The summed E-state index contributed by atoms with van der Waals surface area (Å²) in [5.41, 5.74) is 3.49. The second-order valence-corrected chi connectivity index (χ2v) is 7.90. The second-order valence-electron chi connectivity index (χ2n) is 7.90. The van der Waals surface area contributed by atoms with Gasteiger partial charge in [0.15, 0.2) is 5.78 Å². The highest BCUT2D eigenvalue weighted by molar-refractivity contribution is 6.11. The number of ether oxygens (including phenoxy) is 1. The van der Waals surface area contributed by atoms with Crippen molar-refractivity contribution in [3.05, 3.63) is 83.6 Å². The zero-order chi connectivity index (χ0) is 20.7. The van der Waals surface area contributed by atoms with Gasteiger partial charge < -0.3 is 4.74 Å². The predicted octanol–water partition coefficient (Wildman–Crippen LogP) is 5.38. The van der Waals surface area contributed by atoms with Gasteiger partial charge in [-0.05, 0) is 42.0 Å². The quantitative estimate of drug-likeness (QED) is 0.596. The lowest BCUT2D eigenvalue weighted by Crippen LogP contribution is -2.40. The Hall–Kier alpha value is -3.40. The van der Waals surface area contributed by atoms with Crippen molar-refractivity contribution in [2.75, 3.05) is 12.0 Å². The number of benzene rings is 3. The van der Waals surface area contributed by atoms with Crippen LogP contribution >= 0.6 is 0 Å². The lowest BCUT2D eigenvalue weighted by atomic mass is 9.77. The maximum atomic E-state index is 13.5. The summed E-state index contributed by atoms with van der Waals surface area (Å²) in [5, 5.41) is 2.11. The van der Waals surface area contributed by atoms with Gasteiger partial charge in [-0.25, -0.2) is 0 Å². The summed E-state index contributed by atoms with van der Waals surface area (Å²) in [5.74, 6) is 0.706. The van der Waals surface area contributed by atoms with E-state index in [-0.39, 0.29) is 24.0 Å². The zero-order valence-electron chi connectivity index (χ0n) is 16.9. The smallest absolute Gasteiger partial charge is 0.232 e. The van der Waals surface area contributed by atoms with Crippen LogP contribution in [0.5, 0.6) is 5.75 Å². The number of methoxy groups -OCH3 is 1. The average Bonchev–Trinajstić information content (AvgIpc) is 2.78. The number of hydrogen-bond donors (Lipinski definition) is 0. The normalized spacial score (nSPS) is 19.2. The number of ketones is 1. The van der Waals surface area contributed by atoms with Crippen LogP contribution in [0.2, 0.25) is 0 Å². The van der Waals surface area contributed by atoms with Crippen molar-refractivity contribution in [1.29, 1.82) is 0 Å². The maximum Gasteiger partial charge on any atom is 0.232 e. The highest BCUT2D eigenvalue weighted by Gasteiger charge is 2.40. The van der Waals surface area contributed by atoms with E-state index in [1.165, 1.54) is 0 Å². The van der Waals surface area contributed by atoms with Gasteiger partial charge in [0.05, 0.1) is 12.8 Å². The van der Waals surface area contributed by atoms with E-state index in [1.54, 1.807) is 7.11 Å². The molecule has 1 amide bonds. The molecule has 4 nitrogen and oxygen atoms in total. The molecule has 1 atom stereocenters. The third kappa shape index (κ3) is 3.00. The molecule has 3 aromatic carbocycles. The summed E-state index contributed by atoms with van der Waals surface area (Å²) in [4.78, 5) is 28.4. The number of carbonyl (C=O) groups excluding carboxylic acids is 2. The lowest BCUT2D eigenvalue weighted by molar-refractivity contribution is -0.119. The van der Waals surface area contributed by atoms with E-state index in [0.29, 0.717) is 6.42 Å². The van der Waals surface area contributed by atoms with Gasteiger partial charge in [0.25, 0.3) is 0 Å². The Labute approximate surface area is 175 Å². The van der Waals surface area contributed by atoms with Crippen molar-refractivity contribution in [1.82, 2.24) is 0 Å². The summed E-state index contributed by atoms with van der Waals surface area (Å²) in [6.07, 6.45) is 2.32. The molecular formula is C26H23NO3. The molecular weight excluding hydrogens is 374 g/mol. The molecule has 3 aromatic rings. The largest absolute Gasteiger partial charge is 0.497 e. The Bertz CT molecular complexity index is 1190. The van der Waals surface area contributed by atoms with Crippen LogP contribution in [-0.2, 0) is 9.59 Å². The van der Waals surface area contributed by atoms with E-state index in [1.807, 2.05) is 71.6 Å². The summed E-state index contributed by atoms with van der Waals surface area (Å²) < 4.78 is 5.38. The van der Waals surface area contributed by atoms with Gasteiger partial charge in [-0.3, -0.25) is 14.5 Å². The molecule has 0 spiro atoms. The van der Waals surface area contributed by atoms with Crippen LogP contribution in [0.4, 0.5) is 5.69 Å². The number of nitrogens with zero attached hydrogens (tertiary/aromatic N) is 1. The van der Waals surface area contributed by atoms with Crippen molar-refractivity contribution < 1.29 is 14.3 Å². The molecule has 0 N–H and O–H groups in total. The molecule has 0 fully saturated rings. The average molecular weight is 397 g/mol. The fraction of sp³-hybridized carbons (Fsp3) is 0.231. The highest BCUT2D eigenvalue weighted by Crippen LogP contribution is 2.45. The third-order valence-electron chi connectivity index (χ3n) is 6.18. The second kappa shape index (κ2) is 7.45. The van der Waals surface area contributed by atoms with Gasteiger partial charge in [0, 0.05) is 35.4 Å². The molecule has 0 saturated heterocycles. The molecule has 150 valence electrons. The molecule has 1 aliphatic carbocycles. The molecule has 30 heavy (non-hydrogen) atoms. The van der Waals surface area contributed by atoms with Crippen LogP contribution in [0.25, 0.3) is 10.8 Å². The molecule has 1 aliphatic heterocycles. The summed E-state index contributed by atoms with van der Waals surface area (Å²) in [6.45, 7) is 0. The van der Waals surface area contributed by atoms with Crippen LogP contribution in [0, 0.1) is 0 Å². The van der Waals surface area contributed by atoms with Crippen molar-refractivity contribution in [3.63, 3.8) is 0 Å². The van der Waals surface area contributed by atoms with Crippen LogP contribution < -0.4 is 9.64 Å². The number of allylic oxidation sites excluding steroid dienone is 2. The fourth-order valence-electron chi connectivity index (χ4n) is 4.82. The molecule has 4 heteroatoms. The number of fused-ring (bicyclic) bond motifs is 1. The minimum atomic E-state index is -0.221. The molecule has 0 bridgehead atoms. The number of Topliss-reactive ketones (excluding diaryl/α,β-unsaturated/α-hetero) is 1. The Morgan fingerprint density at radius 1 is 0.933 bits per heavy atom. The van der Waals surface area contributed by atoms with E-state index in [9.17, 15) is 9.59 Å². The standard InChI is InChI=1S/C26H23NO3/c1-30-19-10-4-9-18(15-19)21-16-25(29)27(23-13-6-14-24(28)26(21)23)22-12-5-8-17-7-2-3-11-20(17)22/h2-5,7-12,15,21H,6,13-14,16H2,1H3. The van der Waals surface area contributed by atoms with Gasteiger partial charge in [-0.1, -0.05) is 48.5 Å². The fourth-order valence-corrected chi connectivity index (χ4v) is 4.82. The van der Waals surface area contributed by atoms with Gasteiger partial charge in [-0.2, -0.15) is 0 Å². The maximum absolute atomic E-state index is 13.5. The van der Waals surface area contributed by atoms with E-state index >= 15 is 0 Å². The molecule has 2 aliphatic rings. The summed E-state index contributed by atoms with van der Waals surface area (Å²) in [6, 6.07) is 21.8. The molecule has 0 aromatic heterocycles. The monoisotopic (exact) mass is 397 g/mol. The van der Waals surface area contributed by atoms with Gasteiger partial charge in [0.2, 0.25) is 5.91 Å². The zero-order valence-corrected chi connectivity index (χ0v) is 16.9. The first-order valence-electron chi connectivity index (χ1n) is 10.4. The molecule has 0 radical (unpaired) electrons. The van der Waals surface area contributed by atoms with Gasteiger partial charge in [-0.15, -0.1) is 0 Å². The van der Waals surface area contributed by atoms with Crippen molar-refractivity contribution in [2.45, 2.75) is 31.6 Å². The number of amides is 1. The molecule has 0 saturated carbocycles. The minimum Gasteiger partial charge on any atom is -0.497 e. The van der Waals surface area contributed by atoms with Gasteiger partial charge >= 0.3 is 0 Å². The Balaban J connectivity index is 1.70. The first-order chi connectivity index (χ1) is 14.7. The van der Waals surface area contributed by atoms with Crippen LogP contribution in [0.3, 0.4) is 0 Å². The number of rotatable bonds is 3. The topological polar surface area (TPSA) is 46.6 Å². The number of carbonyl (C=O) groups is 2. The molecule has 1 heterocycles. The van der Waals surface area contributed by atoms with E-state index in [4.69, 9.17) is 4.74 Å². The lowest BCUT2D eigenvalue weighted by Gasteiger charge is -2.38. The SMILES string of the molecule is COc1cccc(C2CC(=O)N(c3cccc4ccccc34)C3=C2C(=O)CCC3)c1.